The van der Waals surface area contributed by atoms with Gasteiger partial charge in [-0.25, -0.2) is 0 Å². The molecule has 5 heterocycles. The van der Waals surface area contributed by atoms with Crippen LogP contribution < -0.4 is 9.80 Å². The minimum Gasteiger partial charge on any atom is -0.347 e. The first-order valence-electron chi connectivity index (χ1n) is 11.0. The van der Waals surface area contributed by atoms with Crippen LogP contribution in [0.15, 0.2) is 24.3 Å². The Balaban J connectivity index is 1.68. The summed E-state index contributed by atoms with van der Waals surface area (Å²) < 4.78 is 2.36. The summed E-state index contributed by atoms with van der Waals surface area (Å²) in [6.07, 6.45) is 0.456. The van der Waals surface area contributed by atoms with Crippen molar-refractivity contribution in [1.82, 2.24) is 4.57 Å². The zero-order chi connectivity index (χ0) is 20.0. The first-order valence-corrected chi connectivity index (χ1v) is 11.0. The third kappa shape index (κ3) is 2.01. The molecule has 1 aromatic heterocycles. The van der Waals surface area contributed by atoms with Crippen LogP contribution in [-0.2, 0) is 11.8 Å². The number of piperidine rings is 2. The molecule has 4 saturated heterocycles. The summed E-state index contributed by atoms with van der Waals surface area (Å²) in [5, 5.41) is 1.41. The number of hydrogen-bond donors (Lipinski definition) is 2. The summed E-state index contributed by atoms with van der Waals surface area (Å²) in [6, 6.07) is 8.85. The molecule has 0 unspecified atom stereocenters. The molecule has 6 rings (SSSR count). The number of nitrogens with one attached hydrogen (secondary N) is 2. The molecule has 0 aliphatic carbocycles. The monoisotopic (exact) mass is 381 g/mol. The van der Waals surface area contributed by atoms with Gasteiger partial charge in [-0.1, -0.05) is 45.9 Å². The minimum absolute atomic E-state index is 0.138. The zero-order valence-corrected chi connectivity index (χ0v) is 18.2. The SMILES string of the molecule is Cc1c(C2[NH+]3CC4(C(C)C)C[NH+]2CC(C(C)C)(C3)C4=O)c2ccccc2n1C. The molecular weight excluding hydrogens is 346 g/mol. The molecule has 2 aromatic rings. The maximum Gasteiger partial charge on any atom is 0.242 e. The smallest absolute Gasteiger partial charge is 0.242 e. The Morgan fingerprint density at radius 2 is 1.46 bits per heavy atom. The Hall–Kier alpha value is -1.65. The fraction of sp³-hybridized carbons (Fsp3) is 0.625. The van der Waals surface area contributed by atoms with Gasteiger partial charge in [-0.2, -0.15) is 0 Å². The average Bonchev–Trinajstić information content (AvgIpc) is 2.89. The lowest BCUT2D eigenvalue weighted by Gasteiger charge is -2.62. The van der Waals surface area contributed by atoms with E-state index < -0.39 is 0 Å². The van der Waals surface area contributed by atoms with Crippen LogP contribution in [-0.4, -0.2) is 36.5 Å². The lowest BCUT2D eigenvalue weighted by molar-refractivity contribution is -1.18. The number of para-hydroxylation sites is 1. The number of aromatic nitrogens is 1. The van der Waals surface area contributed by atoms with Crippen molar-refractivity contribution in [2.24, 2.45) is 29.7 Å². The van der Waals surface area contributed by atoms with Gasteiger partial charge in [-0.15, -0.1) is 0 Å². The molecule has 0 spiro atoms. The van der Waals surface area contributed by atoms with E-state index in [0.717, 1.165) is 26.2 Å². The Morgan fingerprint density at radius 1 is 0.964 bits per heavy atom. The van der Waals surface area contributed by atoms with Gasteiger partial charge in [0.2, 0.25) is 6.17 Å². The van der Waals surface area contributed by atoms with E-state index in [0.29, 0.717) is 23.8 Å². The quantitative estimate of drug-likeness (QED) is 0.821. The number of Topliss-reactive ketones (excluding diaryl/α,β-unsaturated/α-hetero) is 1. The van der Waals surface area contributed by atoms with E-state index in [1.54, 1.807) is 9.80 Å². The summed E-state index contributed by atoms with van der Waals surface area (Å²) in [7, 11) is 2.20. The van der Waals surface area contributed by atoms with Gasteiger partial charge < -0.3 is 4.57 Å². The number of aryl methyl sites for hydroxylation is 1. The lowest BCUT2D eigenvalue weighted by atomic mass is 9.53. The largest absolute Gasteiger partial charge is 0.347 e. The normalized spacial score (nSPS) is 37.0. The second-order valence-corrected chi connectivity index (χ2v) is 10.5. The van der Waals surface area contributed by atoms with Gasteiger partial charge in [0, 0.05) is 23.6 Å². The van der Waals surface area contributed by atoms with Gasteiger partial charge in [0.15, 0.2) is 5.78 Å². The van der Waals surface area contributed by atoms with Gasteiger partial charge >= 0.3 is 0 Å². The highest BCUT2D eigenvalue weighted by Crippen LogP contribution is 2.45. The number of benzene rings is 1. The molecule has 4 aliphatic rings. The summed E-state index contributed by atoms with van der Waals surface area (Å²) >= 11 is 0. The highest BCUT2D eigenvalue weighted by molar-refractivity contribution is 5.93. The Kier molecular flexibility index (Phi) is 3.74. The molecule has 1 aromatic carbocycles. The topological polar surface area (TPSA) is 30.9 Å². The minimum atomic E-state index is -0.138. The fourth-order valence-electron chi connectivity index (χ4n) is 7.05. The van der Waals surface area contributed by atoms with Crippen LogP contribution in [0.5, 0.6) is 0 Å². The summed E-state index contributed by atoms with van der Waals surface area (Å²) in [4.78, 5) is 17.1. The molecule has 2 N–H and O–H groups in total. The molecule has 0 saturated carbocycles. The highest BCUT2D eigenvalue weighted by Gasteiger charge is 2.73. The molecule has 4 heteroatoms. The Morgan fingerprint density at radius 3 is 1.96 bits per heavy atom. The van der Waals surface area contributed by atoms with Crippen LogP contribution in [0, 0.1) is 29.6 Å². The second kappa shape index (κ2) is 5.70. The third-order valence-corrected chi connectivity index (χ3v) is 8.84. The standard InChI is InChI=1S/C24H33N3O/c1-15(2)23-11-26-13-24(16(3)4,22(23)28)14-27(12-23)21(26)20-17(5)25(6)19-10-8-7-9-18(19)20/h7-10,15-16,21H,11-14H2,1-6H3/p+2. The van der Waals surface area contributed by atoms with Crippen molar-refractivity contribution in [3.8, 4) is 0 Å². The number of carbonyl (C=O) groups is 1. The molecule has 4 bridgehead atoms. The Labute approximate surface area is 168 Å². The maximum absolute atomic E-state index is 13.8. The van der Waals surface area contributed by atoms with Crippen molar-refractivity contribution in [3.05, 3.63) is 35.5 Å². The number of ketones is 1. The molecule has 4 aliphatic heterocycles. The fourth-order valence-corrected chi connectivity index (χ4v) is 7.05. The number of nitrogens with zero attached hydrogens (tertiary/aromatic N) is 1. The van der Waals surface area contributed by atoms with Crippen molar-refractivity contribution >= 4 is 16.7 Å². The van der Waals surface area contributed by atoms with Crippen LogP contribution in [0.2, 0.25) is 0 Å². The van der Waals surface area contributed by atoms with Crippen LogP contribution in [0.1, 0.15) is 45.1 Å². The summed E-state index contributed by atoms with van der Waals surface area (Å²) in [6.45, 7) is 15.4. The predicted octanol–water partition coefficient (Wildman–Crippen LogP) is 1.15. The number of carbonyl (C=O) groups excluding carboxylic acids is 1. The first-order chi connectivity index (χ1) is 13.2. The Bertz CT molecular complexity index is 924. The van der Waals surface area contributed by atoms with E-state index >= 15 is 0 Å². The van der Waals surface area contributed by atoms with Crippen molar-refractivity contribution < 1.29 is 14.6 Å². The number of hydrogen-bond acceptors (Lipinski definition) is 1. The van der Waals surface area contributed by atoms with E-state index in [1.165, 1.54) is 22.2 Å². The first kappa shape index (κ1) is 18.4. The molecule has 4 nitrogen and oxygen atoms in total. The highest BCUT2D eigenvalue weighted by atomic mass is 16.1. The molecule has 4 fully saturated rings. The van der Waals surface area contributed by atoms with Crippen molar-refractivity contribution in [3.63, 3.8) is 0 Å². The van der Waals surface area contributed by atoms with Crippen LogP contribution >= 0.6 is 0 Å². The van der Waals surface area contributed by atoms with Gasteiger partial charge in [0.25, 0.3) is 0 Å². The van der Waals surface area contributed by atoms with E-state index in [9.17, 15) is 4.79 Å². The third-order valence-electron chi connectivity index (χ3n) is 8.84. The average molecular weight is 382 g/mol. The molecule has 0 amide bonds. The lowest BCUT2D eigenvalue weighted by Crippen LogP contribution is -3.41. The van der Waals surface area contributed by atoms with E-state index in [-0.39, 0.29) is 10.8 Å². The molecule has 0 atom stereocenters. The van der Waals surface area contributed by atoms with Crippen LogP contribution in [0.4, 0.5) is 0 Å². The van der Waals surface area contributed by atoms with Crippen molar-refractivity contribution in [2.75, 3.05) is 26.2 Å². The van der Waals surface area contributed by atoms with Crippen LogP contribution in [0.3, 0.4) is 0 Å². The number of fused-ring (bicyclic) bond motifs is 1. The van der Waals surface area contributed by atoms with Gasteiger partial charge in [-0.05, 0) is 24.8 Å². The van der Waals surface area contributed by atoms with E-state index in [1.807, 2.05) is 0 Å². The van der Waals surface area contributed by atoms with Crippen LogP contribution in [0.25, 0.3) is 10.9 Å². The molecule has 150 valence electrons. The maximum atomic E-state index is 13.8. The number of rotatable bonds is 3. The molecular formula is C24H35N3O+2. The van der Waals surface area contributed by atoms with Gasteiger partial charge in [-0.3, -0.25) is 14.6 Å². The molecule has 28 heavy (non-hydrogen) atoms. The number of quaternary nitrogens is 2. The van der Waals surface area contributed by atoms with Crippen molar-refractivity contribution in [1.29, 1.82) is 0 Å². The zero-order valence-electron chi connectivity index (χ0n) is 18.2. The van der Waals surface area contributed by atoms with E-state index in [4.69, 9.17) is 0 Å². The second-order valence-electron chi connectivity index (χ2n) is 10.5. The predicted molar refractivity (Wildman–Crippen MR) is 111 cm³/mol. The van der Waals surface area contributed by atoms with Crippen molar-refractivity contribution in [2.45, 2.75) is 40.8 Å². The summed E-state index contributed by atoms with van der Waals surface area (Å²) in [5.41, 5.74) is 3.97. The molecule has 0 radical (unpaired) electrons. The summed E-state index contributed by atoms with van der Waals surface area (Å²) in [5.74, 6) is 1.42. The van der Waals surface area contributed by atoms with Gasteiger partial charge in [0.1, 0.15) is 37.0 Å². The van der Waals surface area contributed by atoms with E-state index in [2.05, 4.69) is 70.5 Å². The van der Waals surface area contributed by atoms with Gasteiger partial charge in [0.05, 0.1) is 5.56 Å².